The van der Waals surface area contributed by atoms with Gasteiger partial charge >= 0.3 is 6.03 Å². The molecule has 4 rings (SSSR count). The molecule has 0 unspecified atom stereocenters. The Kier molecular flexibility index (Phi) is 5.19. The van der Waals surface area contributed by atoms with Crippen molar-refractivity contribution in [2.24, 2.45) is 0 Å². The molecule has 2 aliphatic heterocycles. The van der Waals surface area contributed by atoms with Crippen LogP contribution in [0, 0.1) is 0 Å². The molecular weight excluding hydrogens is 358 g/mol. The van der Waals surface area contributed by atoms with Gasteiger partial charge < -0.3 is 19.9 Å². The Hall–Kier alpha value is -2.65. The Bertz CT molecular complexity index is 837. The van der Waals surface area contributed by atoms with Crippen LogP contribution in [0.25, 0.3) is 5.69 Å². The number of urea groups is 1. The summed E-state index contributed by atoms with van der Waals surface area (Å²) in [5, 5.41) is 7.45. The molecule has 0 bridgehead atoms. The number of rotatable bonds is 3. The maximum Gasteiger partial charge on any atom is 0.321 e. The van der Waals surface area contributed by atoms with E-state index in [1.54, 1.807) is 11.0 Å². The lowest BCUT2D eigenvalue weighted by Crippen LogP contribution is -2.60. The fourth-order valence-electron chi connectivity index (χ4n) is 3.74. The third-order valence-corrected chi connectivity index (χ3v) is 5.39. The van der Waals surface area contributed by atoms with Gasteiger partial charge in [0.25, 0.3) is 0 Å². The first-order chi connectivity index (χ1) is 13.5. The highest BCUT2D eigenvalue weighted by atomic mass is 16.5. The second kappa shape index (κ2) is 7.76. The van der Waals surface area contributed by atoms with Gasteiger partial charge in [-0.2, -0.15) is 4.98 Å². The smallest absolute Gasteiger partial charge is 0.321 e. The van der Waals surface area contributed by atoms with Crippen LogP contribution in [0.4, 0.5) is 16.4 Å². The molecule has 150 valence electrons. The van der Waals surface area contributed by atoms with Crippen molar-refractivity contribution in [3.8, 4) is 5.69 Å². The Labute approximate surface area is 164 Å². The summed E-state index contributed by atoms with van der Waals surface area (Å²) in [6.45, 7) is 3.07. The number of fused-ring (bicyclic) bond motifs is 1. The topological polar surface area (TPSA) is 78.8 Å². The number of nitrogens with zero attached hydrogens (tertiary/aromatic N) is 6. The minimum Gasteiger partial charge on any atom is -0.375 e. The number of piperidine rings is 1. The van der Waals surface area contributed by atoms with E-state index in [0.717, 1.165) is 30.9 Å². The van der Waals surface area contributed by atoms with Gasteiger partial charge in [0.2, 0.25) is 5.95 Å². The normalized spacial score (nSPS) is 22.6. The summed E-state index contributed by atoms with van der Waals surface area (Å²) in [5.74, 6) is 0.635. The van der Waals surface area contributed by atoms with Gasteiger partial charge in [0.1, 0.15) is 6.33 Å². The summed E-state index contributed by atoms with van der Waals surface area (Å²) in [6, 6.07) is 7.80. The van der Waals surface area contributed by atoms with E-state index in [1.165, 1.54) is 0 Å². The molecule has 2 aliphatic rings. The fraction of sp³-hybridized carbons (Fsp3) is 0.526. The first kappa shape index (κ1) is 18.7. The van der Waals surface area contributed by atoms with E-state index in [2.05, 4.69) is 27.3 Å². The molecule has 2 atom stereocenters. The number of amides is 2. The van der Waals surface area contributed by atoms with Crippen molar-refractivity contribution < 1.29 is 9.53 Å². The average molecular weight is 385 g/mol. The van der Waals surface area contributed by atoms with Crippen LogP contribution in [0.3, 0.4) is 0 Å². The number of aromatic nitrogens is 3. The molecule has 1 aromatic carbocycles. The largest absolute Gasteiger partial charge is 0.375 e. The van der Waals surface area contributed by atoms with Gasteiger partial charge in [-0.1, -0.05) is 6.07 Å². The van der Waals surface area contributed by atoms with Crippen LogP contribution >= 0.6 is 0 Å². The summed E-state index contributed by atoms with van der Waals surface area (Å²) in [5.41, 5.74) is 1.58. The summed E-state index contributed by atoms with van der Waals surface area (Å²) in [7, 11) is 5.90. The highest BCUT2D eigenvalue weighted by molar-refractivity contribution is 5.89. The number of nitrogens with one attached hydrogen (secondary N) is 1. The molecule has 0 aliphatic carbocycles. The molecule has 2 saturated heterocycles. The van der Waals surface area contributed by atoms with Crippen molar-refractivity contribution in [2.75, 3.05) is 57.6 Å². The molecule has 3 heterocycles. The predicted molar refractivity (Wildman–Crippen MR) is 107 cm³/mol. The number of benzene rings is 1. The third kappa shape index (κ3) is 3.81. The number of hydrogen-bond acceptors (Lipinski definition) is 6. The summed E-state index contributed by atoms with van der Waals surface area (Å²) >= 11 is 0. The Morgan fingerprint density at radius 1 is 1.32 bits per heavy atom. The highest BCUT2D eigenvalue weighted by Gasteiger charge is 2.36. The third-order valence-electron chi connectivity index (χ3n) is 5.39. The fourth-order valence-corrected chi connectivity index (χ4v) is 3.74. The van der Waals surface area contributed by atoms with Gasteiger partial charge in [-0.3, -0.25) is 4.90 Å². The average Bonchev–Trinajstić information content (AvgIpc) is 3.19. The zero-order chi connectivity index (χ0) is 19.7. The SMILES string of the molecule is CN(C)c1ncn(-c2cccc(NC(=O)N3CC[C@H]4OCCN(C)[C@@H]4C3)c2)n1. The number of hydrogen-bond donors (Lipinski definition) is 1. The molecule has 2 aromatic rings. The zero-order valence-corrected chi connectivity index (χ0v) is 16.6. The van der Waals surface area contributed by atoms with Crippen molar-refractivity contribution in [3.05, 3.63) is 30.6 Å². The number of ether oxygens (including phenoxy) is 1. The Balaban J connectivity index is 1.43. The maximum atomic E-state index is 12.8. The van der Waals surface area contributed by atoms with Crippen LogP contribution in [0.5, 0.6) is 0 Å². The summed E-state index contributed by atoms with van der Waals surface area (Å²) < 4.78 is 7.56. The maximum absolute atomic E-state index is 12.8. The summed E-state index contributed by atoms with van der Waals surface area (Å²) in [6.07, 6.45) is 2.76. The first-order valence-electron chi connectivity index (χ1n) is 9.58. The van der Waals surface area contributed by atoms with Crippen LogP contribution in [-0.2, 0) is 4.74 Å². The van der Waals surface area contributed by atoms with Crippen LogP contribution in [0.15, 0.2) is 30.6 Å². The number of morpholine rings is 1. The van der Waals surface area contributed by atoms with Gasteiger partial charge in [-0.05, 0) is 31.7 Å². The molecule has 2 fully saturated rings. The molecular formula is C19H27N7O2. The quantitative estimate of drug-likeness (QED) is 0.857. The van der Waals surface area contributed by atoms with Gasteiger partial charge in [0, 0.05) is 39.4 Å². The molecule has 0 radical (unpaired) electrons. The number of likely N-dealkylation sites (tertiary alicyclic amines) is 1. The lowest BCUT2D eigenvalue weighted by molar-refractivity contribution is -0.0875. The molecule has 0 saturated carbocycles. The molecule has 1 aromatic heterocycles. The molecule has 2 amide bonds. The molecule has 0 spiro atoms. The number of carbonyl (C=O) groups excluding carboxylic acids is 1. The van der Waals surface area contributed by atoms with E-state index in [1.807, 2.05) is 48.2 Å². The van der Waals surface area contributed by atoms with Crippen molar-refractivity contribution in [3.63, 3.8) is 0 Å². The van der Waals surface area contributed by atoms with E-state index in [-0.39, 0.29) is 18.2 Å². The van der Waals surface area contributed by atoms with E-state index in [4.69, 9.17) is 4.74 Å². The van der Waals surface area contributed by atoms with Gasteiger partial charge in [-0.15, -0.1) is 5.10 Å². The second-order valence-electron chi connectivity index (χ2n) is 7.56. The van der Waals surface area contributed by atoms with E-state index in [9.17, 15) is 4.79 Å². The number of carbonyl (C=O) groups is 1. The molecule has 1 N–H and O–H groups in total. The molecule has 9 heteroatoms. The second-order valence-corrected chi connectivity index (χ2v) is 7.56. The number of likely N-dealkylation sites (N-methyl/N-ethyl adjacent to an activating group) is 1. The monoisotopic (exact) mass is 385 g/mol. The van der Waals surface area contributed by atoms with Crippen molar-refractivity contribution >= 4 is 17.7 Å². The minimum absolute atomic E-state index is 0.0813. The van der Waals surface area contributed by atoms with Gasteiger partial charge in [0.15, 0.2) is 0 Å². The van der Waals surface area contributed by atoms with E-state index in [0.29, 0.717) is 19.0 Å². The van der Waals surface area contributed by atoms with E-state index >= 15 is 0 Å². The lowest BCUT2D eigenvalue weighted by atomic mass is 9.99. The molecule has 28 heavy (non-hydrogen) atoms. The van der Waals surface area contributed by atoms with Crippen LogP contribution < -0.4 is 10.2 Å². The standard InChI is InChI=1S/C19H27N7O2/c1-23(2)18-20-13-26(22-18)15-6-4-5-14(11-15)21-19(27)25-8-7-17-16(12-25)24(3)9-10-28-17/h4-6,11,13,16-17H,7-10,12H2,1-3H3,(H,21,27)/t16-,17-/m1/s1. The van der Waals surface area contributed by atoms with Crippen molar-refractivity contribution in [2.45, 2.75) is 18.6 Å². The Morgan fingerprint density at radius 3 is 2.96 bits per heavy atom. The van der Waals surface area contributed by atoms with Crippen molar-refractivity contribution in [1.82, 2.24) is 24.6 Å². The zero-order valence-electron chi connectivity index (χ0n) is 16.6. The van der Waals surface area contributed by atoms with Gasteiger partial charge in [0.05, 0.1) is 24.4 Å². The van der Waals surface area contributed by atoms with Gasteiger partial charge in [-0.25, -0.2) is 9.48 Å². The summed E-state index contributed by atoms with van der Waals surface area (Å²) in [4.78, 5) is 23.1. The highest BCUT2D eigenvalue weighted by Crippen LogP contribution is 2.23. The minimum atomic E-state index is -0.0813. The number of anilines is 2. The first-order valence-corrected chi connectivity index (χ1v) is 9.58. The van der Waals surface area contributed by atoms with Crippen LogP contribution in [0.1, 0.15) is 6.42 Å². The van der Waals surface area contributed by atoms with E-state index < -0.39 is 0 Å². The molecule has 9 nitrogen and oxygen atoms in total. The lowest BCUT2D eigenvalue weighted by Gasteiger charge is -2.45. The van der Waals surface area contributed by atoms with Crippen LogP contribution in [-0.4, -0.2) is 90.1 Å². The van der Waals surface area contributed by atoms with Crippen molar-refractivity contribution in [1.29, 1.82) is 0 Å². The van der Waals surface area contributed by atoms with Crippen LogP contribution in [0.2, 0.25) is 0 Å². The predicted octanol–water partition coefficient (Wildman–Crippen LogP) is 1.27. The Morgan fingerprint density at radius 2 is 2.18 bits per heavy atom.